The minimum absolute atomic E-state index is 0.207. The van der Waals surface area contributed by atoms with Crippen LogP contribution in [-0.2, 0) is 11.3 Å². The minimum atomic E-state index is 0.207. The van der Waals surface area contributed by atoms with Gasteiger partial charge in [-0.25, -0.2) is 4.98 Å². The van der Waals surface area contributed by atoms with E-state index < -0.39 is 0 Å². The van der Waals surface area contributed by atoms with Crippen LogP contribution in [0.25, 0.3) is 0 Å². The van der Waals surface area contributed by atoms with Crippen LogP contribution in [0.2, 0.25) is 0 Å². The fraction of sp³-hybridized carbons (Fsp3) is 0.429. The van der Waals surface area contributed by atoms with Crippen LogP contribution in [-0.4, -0.2) is 35.4 Å². The van der Waals surface area contributed by atoms with Gasteiger partial charge in [-0.05, 0) is 37.0 Å². The molecule has 1 amide bonds. The van der Waals surface area contributed by atoms with E-state index in [4.69, 9.17) is 0 Å². The lowest BCUT2D eigenvalue weighted by Crippen LogP contribution is -2.54. The van der Waals surface area contributed by atoms with Crippen molar-refractivity contribution in [3.63, 3.8) is 0 Å². The summed E-state index contributed by atoms with van der Waals surface area (Å²) < 4.78 is 0. The van der Waals surface area contributed by atoms with E-state index in [2.05, 4.69) is 39.0 Å². The molecule has 0 N–H and O–H groups in total. The number of aromatic nitrogens is 1. The molecule has 2 aliphatic heterocycles. The maximum atomic E-state index is 12.5. The van der Waals surface area contributed by atoms with Gasteiger partial charge >= 0.3 is 0 Å². The SMILES string of the molecule is O=C1CC[C@]2(CCCN(c3ccccn3)C2)CN1Cc1ccccc1. The number of likely N-dealkylation sites (tertiary alicyclic amines) is 1. The normalized spacial score (nSPS) is 23.9. The Morgan fingerprint density at radius 1 is 1.00 bits per heavy atom. The van der Waals surface area contributed by atoms with Gasteiger partial charge in [0.25, 0.3) is 0 Å². The van der Waals surface area contributed by atoms with Gasteiger partial charge in [-0.15, -0.1) is 0 Å². The monoisotopic (exact) mass is 335 g/mol. The predicted molar refractivity (Wildman–Crippen MR) is 99.2 cm³/mol. The van der Waals surface area contributed by atoms with E-state index >= 15 is 0 Å². The highest BCUT2D eigenvalue weighted by atomic mass is 16.2. The summed E-state index contributed by atoms with van der Waals surface area (Å²) >= 11 is 0. The summed E-state index contributed by atoms with van der Waals surface area (Å²) in [5, 5.41) is 0. The van der Waals surface area contributed by atoms with Crippen LogP contribution in [0, 0.1) is 5.41 Å². The van der Waals surface area contributed by atoms with E-state index in [1.54, 1.807) is 0 Å². The molecule has 4 nitrogen and oxygen atoms in total. The highest BCUT2D eigenvalue weighted by Crippen LogP contribution is 2.40. The molecule has 1 aromatic heterocycles. The van der Waals surface area contributed by atoms with E-state index in [0.717, 1.165) is 38.4 Å². The van der Waals surface area contributed by atoms with Crippen LogP contribution in [0.3, 0.4) is 0 Å². The van der Waals surface area contributed by atoms with Crippen LogP contribution >= 0.6 is 0 Å². The Hall–Kier alpha value is -2.36. The lowest BCUT2D eigenvalue weighted by Gasteiger charge is -2.48. The third-order valence-corrected chi connectivity index (χ3v) is 5.60. The number of nitrogens with zero attached hydrogens (tertiary/aromatic N) is 3. The average Bonchev–Trinajstić information content (AvgIpc) is 2.67. The summed E-state index contributed by atoms with van der Waals surface area (Å²) in [4.78, 5) is 21.5. The molecule has 130 valence electrons. The lowest BCUT2D eigenvalue weighted by atomic mass is 9.73. The number of rotatable bonds is 3. The molecule has 3 heterocycles. The molecular formula is C21H25N3O. The first kappa shape index (κ1) is 16.1. The van der Waals surface area contributed by atoms with E-state index in [1.807, 2.05) is 30.5 Å². The summed E-state index contributed by atoms with van der Waals surface area (Å²) in [6.45, 7) is 3.66. The van der Waals surface area contributed by atoms with Crippen LogP contribution in [0.1, 0.15) is 31.2 Å². The molecular weight excluding hydrogens is 310 g/mol. The summed E-state index contributed by atoms with van der Waals surface area (Å²) in [7, 11) is 0. The first-order valence-electron chi connectivity index (χ1n) is 9.22. The Balaban J connectivity index is 1.50. The van der Waals surface area contributed by atoms with Gasteiger partial charge in [-0.1, -0.05) is 36.4 Å². The predicted octanol–water partition coefficient (Wildman–Crippen LogP) is 3.49. The van der Waals surface area contributed by atoms with Crippen LogP contribution in [0.4, 0.5) is 5.82 Å². The molecule has 2 fully saturated rings. The summed E-state index contributed by atoms with van der Waals surface area (Å²) in [5.41, 5.74) is 1.42. The number of hydrogen-bond acceptors (Lipinski definition) is 3. The average molecular weight is 335 g/mol. The van der Waals surface area contributed by atoms with Crippen LogP contribution in [0.5, 0.6) is 0 Å². The molecule has 4 rings (SSSR count). The molecule has 1 aromatic carbocycles. The van der Waals surface area contributed by atoms with Gasteiger partial charge in [0.1, 0.15) is 5.82 Å². The van der Waals surface area contributed by atoms with Crippen molar-refractivity contribution < 1.29 is 4.79 Å². The van der Waals surface area contributed by atoms with Gasteiger partial charge in [-0.3, -0.25) is 4.79 Å². The zero-order valence-corrected chi connectivity index (χ0v) is 14.6. The van der Waals surface area contributed by atoms with Gasteiger partial charge in [0.05, 0.1) is 0 Å². The lowest BCUT2D eigenvalue weighted by molar-refractivity contribution is -0.138. The van der Waals surface area contributed by atoms with Crippen molar-refractivity contribution in [2.45, 2.75) is 32.2 Å². The first-order valence-corrected chi connectivity index (χ1v) is 9.22. The maximum absolute atomic E-state index is 12.5. The van der Waals surface area contributed by atoms with E-state index in [9.17, 15) is 4.79 Å². The van der Waals surface area contributed by atoms with Crippen molar-refractivity contribution >= 4 is 11.7 Å². The molecule has 0 radical (unpaired) electrons. The number of amides is 1. The zero-order chi connectivity index (χ0) is 17.1. The maximum Gasteiger partial charge on any atom is 0.222 e. The Morgan fingerprint density at radius 2 is 1.84 bits per heavy atom. The fourth-order valence-electron chi connectivity index (χ4n) is 4.33. The van der Waals surface area contributed by atoms with Crippen molar-refractivity contribution in [2.75, 3.05) is 24.5 Å². The Morgan fingerprint density at radius 3 is 2.64 bits per heavy atom. The van der Waals surface area contributed by atoms with E-state index in [0.29, 0.717) is 12.3 Å². The third-order valence-electron chi connectivity index (χ3n) is 5.60. The molecule has 4 heteroatoms. The number of carbonyl (C=O) groups is 1. The Labute approximate surface area is 149 Å². The van der Waals surface area contributed by atoms with Crippen LogP contribution in [0.15, 0.2) is 54.7 Å². The number of hydrogen-bond donors (Lipinski definition) is 0. The van der Waals surface area contributed by atoms with Gasteiger partial charge in [0.2, 0.25) is 5.91 Å². The van der Waals surface area contributed by atoms with Gasteiger partial charge in [-0.2, -0.15) is 0 Å². The van der Waals surface area contributed by atoms with Crippen molar-refractivity contribution in [3.05, 3.63) is 60.3 Å². The molecule has 1 atom stereocenters. The molecule has 0 aliphatic carbocycles. The second-order valence-electron chi connectivity index (χ2n) is 7.45. The molecule has 2 saturated heterocycles. The zero-order valence-electron chi connectivity index (χ0n) is 14.6. The van der Waals surface area contributed by atoms with Gasteiger partial charge in [0, 0.05) is 44.2 Å². The topological polar surface area (TPSA) is 36.4 Å². The van der Waals surface area contributed by atoms with Crippen molar-refractivity contribution in [2.24, 2.45) is 5.41 Å². The van der Waals surface area contributed by atoms with Crippen LogP contribution < -0.4 is 4.90 Å². The van der Waals surface area contributed by atoms with Gasteiger partial charge in [0.15, 0.2) is 0 Å². The quantitative estimate of drug-likeness (QED) is 0.861. The Kier molecular flexibility index (Phi) is 4.43. The third kappa shape index (κ3) is 3.53. The number of carbonyl (C=O) groups excluding carboxylic acids is 1. The van der Waals surface area contributed by atoms with Gasteiger partial charge < -0.3 is 9.80 Å². The highest BCUT2D eigenvalue weighted by Gasteiger charge is 2.41. The molecule has 2 aromatic rings. The summed E-state index contributed by atoms with van der Waals surface area (Å²) in [6, 6.07) is 16.4. The number of benzene rings is 1. The largest absolute Gasteiger partial charge is 0.356 e. The molecule has 0 unspecified atom stereocenters. The highest BCUT2D eigenvalue weighted by molar-refractivity contribution is 5.77. The second kappa shape index (κ2) is 6.87. The number of anilines is 1. The van der Waals surface area contributed by atoms with E-state index in [1.165, 1.54) is 18.4 Å². The number of piperidine rings is 2. The standard InChI is InChI=1S/C21H25N3O/c25-20-10-12-21(17-24(20)15-18-7-2-1-3-8-18)11-6-14-23(16-21)19-9-4-5-13-22-19/h1-5,7-9,13H,6,10-12,14-17H2/t21-/m0/s1. The molecule has 25 heavy (non-hydrogen) atoms. The summed E-state index contributed by atoms with van der Waals surface area (Å²) in [5.74, 6) is 1.36. The summed E-state index contributed by atoms with van der Waals surface area (Å²) in [6.07, 6.45) is 5.91. The van der Waals surface area contributed by atoms with Crippen molar-refractivity contribution in [1.29, 1.82) is 0 Å². The second-order valence-corrected chi connectivity index (χ2v) is 7.45. The van der Waals surface area contributed by atoms with Crippen molar-refractivity contribution in [1.82, 2.24) is 9.88 Å². The number of pyridine rings is 1. The van der Waals surface area contributed by atoms with E-state index in [-0.39, 0.29) is 5.41 Å². The fourth-order valence-corrected chi connectivity index (χ4v) is 4.33. The molecule has 0 saturated carbocycles. The Bertz CT molecular complexity index is 718. The van der Waals surface area contributed by atoms with Crippen molar-refractivity contribution in [3.8, 4) is 0 Å². The molecule has 1 spiro atoms. The molecule has 0 bridgehead atoms. The molecule has 2 aliphatic rings. The first-order chi connectivity index (χ1) is 12.2. The minimum Gasteiger partial charge on any atom is -0.356 e. The smallest absolute Gasteiger partial charge is 0.222 e.